The van der Waals surface area contributed by atoms with Crippen LogP contribution in [-0.2, 0) is 11.3 Å². The van der Waals surface area contributed by atoms with E-state index in [2.05, 4.69) is 22.3 Å². The number of hydrogen-bond acceptors (Lipinski definition) is 6. The molecule has 1 saturated heterocycles. The molecule has 4 N–H and O–H groups in total. The number of thiophene rings is 1. The van der Waals surface area contributed by atoms with E-state index in [1.807, 2.05) is 18.2 Å². The number of ether oxygens (including phenoxy) is 1. The van der Waals surface area contributed by atoms with Gasteiger partial charge in [0.05, 0.1) is 32.8 Å². The van der Waals surface area contributed by atoms with Gasteiger partial charge in [0.2, 0.25) is 0 Å². The number of nitrogen functional groups attached to an aromatic ring is 1. The van der Waals surface area contributed by atoms with E-state index in [9.17, 15) is 9.59 Å². The third-order valence-electron chi connectivity index (χ3n) is 4.97. The first kappa shape index (κ1) is 20.2. The average Bonchev–Trinajstić information content (AvgIpc) is 3.04. The number of hydrogen-bond donors (Lipinski definition) is 3. The molecule has 1 aromatic heterocycles. The van der Waals surface area contributed by atoms with Crippen LogP contribution in [0.4, 0.5) is 10.7 Å². The second-order valence-electron chi connectivity index (χ2n) is 6.70. The molecule has 28 heavy (non-hydrogen) atoms. The Morgan fingerprint density at radius 2 is 1.93 bits per heavy atom. The van der Waals surface area contributed by atoms with E-state index >= 15 is 0 Å². The van der Waals surface area contributed by atoms with Gasteiger partial charge in [-0.3, -0.25) is 4.79 Å². The Balaban J connectivity index is 1.78. The highest BCUT2D eigenvalue weighted by Crippen LogP contribution is 2.31. The zero-order valence-corrected chi connectivity index (χ0v) is 17.1. The van der Waals surface area contributed by atoms with Gasteiger partial charge in [0.25, 0.3) is 5.91 Å². The molecule has 1 aromatic carbocycles. The SMILES string of the molecule is CCOC(=O)c1c(N)sc(C(=O)NC)c1C[NH+]1CCN(c2ccccc2)CC1. The van der Waals surface area contributed by atoms with Crippen LogP contribution in [-0.4, -0.2) is 51.7 Å². The van der Waals surface area contributed by atoms with Crippen molar-refractivity contribution >= 4 is 33.9 Å². The van der Waals surface area contributed by atoms with Crippen molar-refractivity contribution in [2.75, 3.05) is 50.5 Å². The summed E-state index contributed by atoms with van der Waals surface area (Å²) < 4.78 is 5.18. The van der Waals surface area contributed by atoms with Crippen LogP contribution in [0.3, 0.4) is 0 Å². The number of nitrogens with two attached hydrogens (primary N) is 1. The number of quaternary nitrogens is 1. The van der Waals surface area contributed by atoms with Crippen LogP contribution in [0.1, 0.15) is 32.5 Å². The van der Waals surface area contributed by atoms with Gasteiger partial charge in [-0.2, -0.15) is 0 Å². The van der Waals surface area contributed by atoms with Gasteiger partial charge < -0.3 is 25.6 Å². The fourth-order valence-corrected chi connectivity index (χ4v) is 4.54. The first-order valence-electron chi connectivity index (χ1n) is 9.49. The van der Waals surface area contributed by atoms with E-state index in [4.69, 9.17) is 10.5 Å². The standard InChI is InChI=1S/C20H26N4O3S/c1-3-27-20(26)16-15(17(19(25)22-2)28-18(16)21)13-23-9-11-24(12-10-23)14-7-5-4-6-8-14/h4-8H,3,9-13,21H2,1-2H3,(H,22,25)/p+1. The Labute approximate surface area is 169 Å². The maximum atomic E-state index is 12.4. The Hall–Kier alpha value is -2.58. The van der Waals surface area contributed by atoms with Gasteiger partial charge in [0, 0.05) is 18.3 Å². The zero-order valence-electron chi connectivity index (χ0n) is 16.3. The number of rotatable bonds is 6. The molecule has 0 bridgehead atoms. The van der Waals surface area contributed by atoms with Crippen LogP contribution in [0.2, 0.25) is 0 Å². The van der Waals surface area contributed by atoms with Gasteiger partial charge in [0.15, 0.2) is 0 Å². The van der Waals surface area contributed by atoms with Crippen LogP contribution in [0, 0.1) is 0 Å². The molecule has 1 fully saturated rings. The lowest BCUT2D eigenvalue weighted by molar-refractivity contribution is -0.914. The lowest BCUT2D eigenvalue weighted by Gasteiger charge is -2.33. The van der Waals surface area contributed by atoms with Crippen LogP contribution >= 0.6 is 11.3 Å². The highest BCUT2D eigenvalue weighted by molar-refractivity contribution is 7.18. The summed E-state index contributed by atoms with van der Waals surface area (Å²) in [5, 5.41) is 2.99. The largest absolute Gasteiger partial charge is 0.462 e. The second-order valence-corrected chi connectivity index (χ2v) is 7.75. The lowest BCUT2D eigenvalue weighted by atomic mass is 10.1. The number of anilines is 2. The van der Waals surface area contributed by atoms with Crippen molar-refractivity contribution in [3.05, 3.63) is 46.3 Å². The molecule has 2 heterocycles. The number of carbonyl (C=O) groups is 2. The Morgan fingerprint density at radius 1 is 1.25 bits per heavy atom. The molecule has 3 rings (SSSR count). The second kappa shape index (κ2) is 9.07. The minimum atomic E-state index is -0.455. The number of amides is 1. The first-order chi connectivity index (χ1) is 13.5. The monoisotopic (exact) mass is 403 g/mol. The third-order valence-corrected chi connectivity index (χ3v) is 6.03. The minimum Gasteiger partial charge on any atom is -0.462 e. The van der Waals surface area contributed by atoms with Crippen LogP contribution < -0.4 is 20.9 Å². The third kappa shape index (κ3) is 4.28. The van der Waals surface area contributed by atoms with Gasteiger partial charge in [-0.1, -0.05) is 18.2 Å². The van der Waals surface area contributed by atoms with E-state index in [0.29, 0.717) is 27.5 Å². The summed E-state index contributed by atoms with van der Waals surface area (Å²) in [6.07, 6.45) is 0. The van der Waals surface area contributed by atoms with Gasteiger partial charge in [-0.15, -0.1) is 11.3 Å². The molecule has 2 aromatic rings. The molecule has 0 atom stereocenters. The maximum absolute atomic E-state index is 12.4. The maximum Gasteiger partial charge on any atom is 0.341 e. The van der Waals surface area contributed by atoms with Crippen molar-refractivity contribution in [1.29, 1.82) is 0 Å². The molecule has 0 radical (unpaired) electrons. The highest BCUT2D eigenvalue weighted by Gasteiger charge is 2.30. The van der Waals surface area contributed by atoms with Crippen LogP contribution in [0.25, 0.3) is 0 Å². The van der Waals surface area contributed by atoms with Crippen molar-refractivity contribution < 1.29 is 19.2 Å². The summed E-state index contributed by atoms with van der Waals surface area (Å²) in [5.74, 6) is -0.673. The van der Waals surface area contributed by atoms with Crippen LogP contribution in [0.15, 0.2) is 30.3 Å². The molecule has 7 nitrogen and oxygen atoms in total. The Bertz CT molecular complexity index is 829. The van der Waals surface area contributed by atoms with Crippen LogP contribution in [0.5, 0.6) is 0 Å². The molecule has 1 amide bonds. The Morgan fingerprint density at radius 3 is 2.54 bits per heavy atom. The van der Waals surface area contributed by atoms with Gasteiger partial charge in [-0.05, 0) is 19.1 Å². The summed E-state index contributed by atoms with van der Waals surface area (Å²) in [6, 6.07) is 10.3. The Kier molecular flexibility index (Phi) is 6.53. The minimum absolute atomic E-state index is 0.218. The molecule has 1 aliphatic rings. The normalized spacial score (nSPS) is 14.7. The number of nitrogens with zero attached hydrogens (tertiary/aromatic N) is 1. The molecule has 0 aliphatic carbocycles. The molecule has 0 spiro atoms. The molecule has 150 valence electrons. The fourth-order valence-electron chi connectivity index (χ4n) is 3.52. The van der Waals surface area contributed by atoms with Crippen molar-refractivity contribution in [1.82, 2.24) is 5.32 Å². The molecule has 0 saturated carbocycles. The number of piperazine rings is 1. The molecular formula is C20H27N4O3S+. The molecular weight excluding hydrogens is 376 g/mol. The van der Waals surface area contributed by atoms with Crippen molar-refractivity contribution in [2.45, 2.75) is 13.5 Å². The number of benzene rings is 1. The van der Waals surface area contributed by atoms with Crippen molar-refractivity contribution in [3.8, 4) is 0 Å². The predicted molar refractivity (Wildman–Crippen MR) is 111 cm³/mol. The average molecular weight is 404 g/mol. The van der Waals surface area contributed by atoms with Crippen molar-refractivity contribution in [3.63, 3.8) is 0 Å². The number of nitrogens with one attached hydrogen (secondary N) is 2. The molecule has 8 heteroatoms. The van der Waals surface area contributed by atoms with E-state index in [0.717, 1.165) is 37.5 Å². The molecule has 1 aliphatic heterocycles. The van der Waals surface area contributed by atoms with E-state index in [-0.39, 0.29) is 12.5 Å². The molecule has 0 unspecified atom stereocenters. The van der Waals surface area contributed by atoms with Crippen molar-refractivity contribution in [2.24, 2.45) is 0 Å². The summed E-state index contributed by atoms with van der Waals surface area (Å²) in [5.41, 5.74) is 8.36. The summed E-state index contributed by atoms with van der Waals surface area (Å²) in [4.78, 5) is 29.0. The van der Waals surface area contributed by atoms with Gasteiger partial charge in [0.1, 0.15) is 22.0 Å². The van der Waals surface area contributed by atoms with E-state index in [1.165, 1.54) is 10.6 Å². The summed E-state index contributed by atoms with van der Waals surface area (Å²) in [7, 11) is 1.58. The first-order valence-corrected chi connectivity index (χ1v) is 10.3. The number of carbonyl (C=O) groups excluding carboxylic acids is 2. The summed E-state index contributed by atoms with van der Waals surface area (Å²) in [6.45, 7) is 6.28. The number of para-hydroxylation sites is 1. The predicted octanol–water partition coefficient (Wildman–Crippen LogP) is 0.772. The van der Waals surface area contributed by atoms with Gasteiger partial charge >= 0.3 is 5.97 Å². The highest BCUT2D eigenvalue weighted by atomic mass is 32.1. The summed E-state index contributed by atoms with van der Waals surface area (Å²) >= 11 is 1.16. The zero-order chi connectivity index (χ0) is 20.1. The van der Waals surface area contributed by atoms with Gasteiger partial charge in [-0.25, -0.2) is 4.79 Å². The fraction of sp³-hybridized carbons (Fsp3) is 0.400. The number of esters is 1. The van der Waals surface area contributed by atoms with E-state index < -0.39 is 5.97 Å². The smallest absolute Gasteiger partial charge is 0.341 e. The quantitative estimate of drug-likeness (QED) is 0.620. The van der Waals surface area contributed by atoms with E-state index in [1.54, 1.807) is 14.0 Å². The lowest BCUT2D eigenvalue weighted by Crippen LogP contribution is -3.13. The topological polar surface area (TPSA) is 89.1 Å².